The quantitative estimate of drug-likeness (QED) is 0.290. The maximum absolute atomic E-state index is 10.5. The van der Waals surface area contributed by atoms with E-state index < -0.39 is 19.5 Å². The first-order valence-electron chi connectivity index (χ1n) is 3.18. The van der Waals surface area contributed by atoms with Gasteiger partial charge >= 0.3 is 19.5 Å². The molecule has 0 saturated carbocycles. The molecule has 0 fully saturated rings. The van der Waals surface area contributed by atoms with E-state index in [0.29, 0.717) is 0 Å². The Morgan fingerprint density at radius 3 is 2.67 bits per heavy atom. The third-order valence-corrected chi connectivity index (χ3v) is 2.15. The van der Waals surface area contributed by atoms with Gasteiger partial charge in [-0.25, -0.2) is 4.79 Å². The van der Waals surface area contributed by atoms with E-state index in [-0.39, 0.29) is 6.42 Å². The second-order valence-corrected chi connectivity index (χ2v) is 3.19. The fourth-order valence-electron chi connectivity index (χ4n) is 0.441. The molecular formula is C6H9O5P. The fraction of sp³-hybridized carbons (Fsp3) is 0.500. The zero-order valence-electron chi connectivity index (χ0n) is 6.52. The van der Waals surface area contributed by atoms with Crippen LogP contribution in [0.1, 0.15) is 13.3 Å². The van der Waals surface area contributed by atoms with Crippen LogP contribution in [0.25, 0.3) is 0 Å². The van der Waals surface area contributed by atoms with Crippen LogP contribution in [0.4, 0.5) is 0 Å². The second kappa shape index (κ2) is 4.30. The highest BCUT2D eigenvalue weighted by Crippen LogP contribution is 2.33. The van der Waals surface area contributed by atoms with Crippen molar-refractivity contribution < 1.29 is 24.1 Å². The SMILES string of the molecule is C=CC(=O)OC(O)(CC)[P+](=O)[O-]. The summed E-state index contributed by atoms with van der Waals surface area (Å²) in [5, 5.41) is 9.11. The summed E-state index contributed by atoms with van der Waals surface area (Å²) >= 11 is 0. The van der Waals surface area contributed by atoms with Crippen molar-refractivity contribution in [3.63, 3.8) is 0 Å². The summed E-state index contributed by atoms with van der Waals surface area (Å²) in [6, 6.07) is 0. The Kier molecular flexibility index (Phi) is 4.03. The van der Waals surface area contributed by atoms with E-state index in [4.69, 9.17) is 5.11 Å². The molecule has 0 aliphatic heterocycles. The summed E-state index contributed by atoms with van der Waals surface area (Å²) in [7, 11) is -3.22. The van der Waals surface area contributed by atoms with Crippen molar-refractivity contribution in [2.45, 2.75) is 18.9 Å². The Bertz CT molecular complexity index is 214. The number of carbonyl (C=O) groups is 1. The highest BCUT2D eigenvalue weighted by molar-refractivity contribution is 7.37. The molecule has 1 N–H and O–H groups in total. The van der Waals surface area contributed by atoms with Crippen LogP contribution in [-0.4, -0.2) is 16.6 Å². The van der Waals surface area contributed by atoms with Crippen LogP contribution in [0, 0.1) is 0 Å². The van der Waals surface area contributed by atoms with Gasteiger partial charge in [-0.1, -0.05) is 18.1 Å². The minimum absolute atomic E-state index is 0.217. The van der Waals surface area contributed by atoms with Crippen LogP contribution in [0.2, 0.25) is 0 Å². The molecule has 0 amide bonds. The smallest absolute Gasteiger partial charge is 0.411 e. The van der Waals surface area contributed by atoms with Gasteiger partial charge in [-0.15, -0.1) is 0 Å². The Morgan fingerprint density at radius 2 is 2.42 bits per heavy atom. The van der Waals surface area contributed by atoms with Gasteiger partial charge in [-0.3, -0.25) is 0 Å². The molecule has 0 heterocycles. The molecule has 0 radical (unpaired) electrons. The third kappa shape index (κ3) is 2.70. The molecule has 0 bridgehead atoms. The second-order valence-electron chi connectivity index (χ2n) is 1.98. The predicted molar refractivity (Wildman–Crippen MR) is 39.1 cm³/mol. The lowest BCUT2D eigenvalue weighted by molar-refractivity contribution is -0.219. The number of esters is 1. The average molecular weight is 192 g/mol. The van der Waals surface area contributed by atoms with Crippen LogP contribution < -0.4 is 4.89 Å². The lowest BCUT2D eigenvalue weighted by Crippen LogP contribution is -2.32. The molecule has 0 saturated heterocycles. The molecule has 5 nitrogen and oxygen atoms in total. The first-order valence-corrected chi connectivity index (χ1v) is 4.36. The molecule has 0 spiro atoms. The number of ether oxygens (including phenoxy) is 1. The molecule has 0 aromatic rings. The van der Waals surface area contributed by atoms with E-state index in [0.717, 1.165) is 6.08 Å². The van der Waals surface area contributed by atoms with Crippen LogP contribution in [0.15, 0.2) is 12.7 Å². The zero-order valence-corrected chi connectivity index (χ0v) is 7.41. The Hall–Kier alpha value is -0.770. The molecule has 12 heavy (non-hydrogen) atoms. The number of rotatable bonds is 4. The number of hydrogen-bond donors (Lipinski definition) is 1. The van der Waals surface area contributed by atoms with Crippen LogP contribution in [0.5, 0.6) is 0 Å². The molecule has 0 aliphatic carbocycles. The van der Waals surface area contributed by atoms with Crippen molar-refractivity contribution >= 4 is 14.0 Å². The Labute approximate surface area is 70.5 Å². The minimum atomic E-state index is -3.22. The van der Waals surface area contributed by atoms with Gasteiger partial charge in [0, 0.05) is 6.08 Å². The highest BCUT2D eigenvalue weighted by Gasteiger charge is 2.43. The standard InChI is InChI=1S/C6H9O5P/c1-3-5(7)11-6(8,4-2)12(9)10/h3,8H,1,4H2,2H3. The van der Waals surface area contributed by atoms with Crippen LogP contribution in [0.3, 0.4) is 0 Å². The van der Waals surface area contributed by atoms with Crippen LogP contribution >= 0.6 is 8.03 Å². The molecular weight excluding hydrogens is 183 g/mol. The molecule has 2 unspecified atom stereocenters. The number of aliphatic hydroxyl groups is 1. The third-order valence-electron chi connectivity index (χ3n) is 1.18. The molecule has 0 aliphatic rings. The van der Waals surface area contributed by atoms with Crippen molar-refractivity contribution in [1.82, 2.24) is 0 Å². The molecule has 68 valence electrons. The molecule has 0 rings (SSSR count). The fourth-order valence-corrected chi connectivity index (χ4v) is 0.864. The topological polar surface area (TPSA) is 86.7 Å². The molecule has 6 heteroatoms. The van der Waals surface area contributed by atoms with E-state index in [9.17, 15) is 14.3 Å². The zero-order chi connectivity index (χ0) is 9.78. The van der Waals surface area contributed by atoms with Crippen molar-refractivity contribution in [2.75, 3.05) is 0 Å². The normalized spacial score (nSPS) is 16.1. The maximum Gasteiger partial charge on any atom is 0.411 e. The Morgan fingerprint density at radius 1 is 1.92 bits per heavy atom. The summed E-state index contributed by atoms with van der Waals surface area (Å²) in [5.41, 5.74) is -2.40. The van der Waals surface area contributed by atoms with Gasteiger partial charge in [0.05, 0.1) is 6.42 Å². The molecule has 2 atom stereocenters. The summed E-state index contributed by atoms with van der Waals surface area (Å²) in [6.45, 7) is 4.43. The average Bonchev–Trinajstić information content (AvgIpc) is 2.03. The van der Waals surface area contributed by atoms with Gasteiger partial charge in [0.15, 0.2) is 0 Å². The van der Waals surface area contributed by atoms with E-state index in [1.807, 2.05) is 0 Å². The predicted octanol–water partition coefficient (Wildman–Crippen LogP) is -0.126. The highest BCUT2D eigenvalue weighted by atomic mass is 31.1. The Balaban J connectivity index is 4.44. The van der Waals surface area contributed by atoms with Gasteiger partial charge in [-0.2, -0.15) is 0 Å². The van der Waals surface area contributed by atoms with Gasteiger partial charge in [0.1, 0.15) is 0 Å². The van der Waals surface area contributed by atoms with Crippen molar-refractivity contribution in [1.29, 1.82) is 0 Å². The lowest BCUT2D eigenvalue weighted by Gasteiger charge is -2.15. The first-order chi connectivity index (χ1) is 5.46. The monoisotopic (exact) mass is 192 g/mol. The van der Waals surface area contributed by atoms with E-state index in [1.165, 1.54) is 6.92 Å². The molecule has 0 aromatic carbocycles. The lowest BCUT2D eigenvalue weighted by atomic mass is 10.4. The summed E-state index contributed by atoms with van der Waals surface area (Å²) in [4.78, 5) is 20.9. The van der Waals surface area contributed by atoms with E-state index in [2.05, 4.69) is 11.3 Å². The summed E-state index contributed by atoms with van der Waals surface area (Å²) in [5.74, 6) is -0.974. The maximum atomic E-state index is 10.5. The van der Waals surface area contributed by atoms with Crippen molar-refractivity contribution in [2.24, 2.45) is 0 Å². The van der Waals surface area contributed by atoms with Crippen molar-refractivity contribution in [3.05, 3.63) is 12.7 Å². The van der Waals surface area contributed by atoms with E-state index in [1.54, 1.807) is 0 Å². The van der Waals surface area contributed by atoms with Gasteiger partial charge < -0.3 is 14.7 Å². The van der Waals surface area contributed by atoms with E-state index >= 15 is 0 Å². The molecule has 0 aromatic heterocycles. The van der Waals surface area contributed by atoms with Gasteiger partial charge in [-0.05, 0) is 0 Å². The number of hydrogen-bond acceptors (Lipinski definition) is 5. The van der Waals surface area contributed by atoms with Gasteiger partial charge in [0.2, 0.25) is 0 Å². The largest absolute Gasteiger partial charge is 0.590 e. The van der Waals surface area contributed by atoms with Crippen molar-refractivity contribution in [3.8, 4) is 0 Å². The summed E-state index contributed by atoms with van der Waals surface area (Å²) < 4.78 is 14.6. The number of carbonyl (C=O) groups excluding carboxylic acids is 1. The van der Waals surface area contributed by atoms with Crippen LogP contribution in [-0.2, 0) is 14.1 Å². The van der Waals surface area contributed by atoms with Gasteiger partial charge in [0.25, 0.3) is 0 Å². The minimum Gasteiger partial charge on any atom is -0.590 e. The first kappa shape index (κ1) is 11.2. The summed E-state index contributed by atoms with van der Waals surface area (Å²) in [6.07, 6.45) is 0.560.